The van der Waals surface area contributed by atoms with Crippen molar-refractivity contribution in [2.24, 2.45) is 5.41 Å². The topological polar surface area (TPSA) is 88.0 Å². The van der Waals surface area contributed by atoms with Gasteiger partial charge in [-0.05, 0) is 18.3 Å². The maximum absolute atomic E-state index is 11.6. The molecular formula is C10H15N3O3S. The largest absolute Gasteiger partial charge is 0.481 e. The second kappa shape index (κ2) is 4.56. The summed E-state index contributed by atoms with van der Waals surface area (Å²) in [5.41, 5.74) is -0.0994. The Kier molecular flexibility index (Phi) is 3.28. The van der Waals surface area contributed by atoms with Gasteiger partial charge in [0.05, 0.1) is 5.75 Å². The molecule has 6 nitrogen and oxygen atoms in total. The van der Waals surface area contributed by atoms with E-state index in [4.69, 9.17) is 5.11 Å². The van der Waals surface area contributed by atoms with E-state index in [1.807, 2.05) is 0 Å². The van der Waals surface area contributed by atoms with Crippen LogP contribution >= 0.6 is 11.8 Å². The number of aromatic amines is 1. The molecule has 2 N–H and O–H groups in total. The SMILES string of the molecule is CC1(Cn2c(SCC(=O)O)n[nH]c2=O)CCC1. The second-order valence-corrected chi connectivity index (χ2v) is 5.69. The molecule has 0 spiro atoms. The molecule has 1 heterocycles. The number of carboxylic acids is 1. The van der Waals surface area contributed by atoms with Gasteiger partial charge in [0, 0.05) is 6.54 Å². The molecule has 94 valence electrons. The minimum absolute atomic E-state index is 0.0823. The number of nitrogens with zero attached hydrogens (tertiary/aromatic N) is 2. The van der Waals surface area contributed by atoms with Crippen molar-refractivity contribution in [3.63, 3.8) is 0 Å². The third-order valence-corrected chi connectivity index (χ3v) is 4.11. The van der Waals surface area contributed by atoms with E-state index in [0.717, 1.165) is 24.6 Å². The van der Waals surface area contributed by atoms with Crippen molar-refractivity contribution in [1.82, 2.24) is 14.8 Å². The smallest absolute Gasteiger partial charge is 0.343 e. The van der Waals surface area contributed by atoms with E-state index in [1.54, 1.807) is 4.57 Å². The first-order valence-corrected chi connectivity index (χ1v) is 6.49. The van der Waals surface area contributed by atoms with E-state index in [9.17, 15) is 9.59 Å². The molecule has 0 radical (unpaired) electrons. The Labute approximate surface area is 102 Å². The highest BCUT2D eigenvalue weighted by molar-refractivity contribution is 7.99. The van der Waals surface area contributed by atoms with Gasteiger partial charge in [0.2, 0.25) is 0 Å². The maximum atomic E-state index is 11.6. The summed E-state index contributed by atoms with van der Waals surface area (Å²) >= 11 is 1.07. The highest BCUT2D eigenvalue weighted by Gasteiger charge is 2.33. The fraction of sp³-hybridized carbons (Fsp3) is 0.700. The van der Waals surface area contributed by atoms with Crippen LogP contribution in [-0.4, -0.2) is 31.6 Å². The number of hydrogen-bond donors (Lipinski definition) is 2. The van der Waals surface area contributed by atoms with Crippen LogP contribution in [0.25, 0.3) is 0 Å². The van der Waals surface area contributed by atoms with Crippen LogP contribution < -0.4 is 5.69 Å². The quantitative estimate of drug-likeness (QED) is 0.766. The van der Waals surface area contributed by atoms with Gasteiger partial charge in [-0.1, -0.05) is 25.1 Å². The molecule has 17 heavy (non-hydrogen) atoms. The van der Waals surface area contributed by atoms with Crippen molar-refractivity contribution in [3.8, 4) is 0 Å². The number of thioether (sulfide) groups is 1. The zero-order valence-electron chi connectivity index (χ0n) is 9.60. The van der Waals surface area contributed by atoms with Gasteiger partial charge >= 0.3 is 11.7 Å². The molecular weight excluding hydrogens is 242 g/mol. The van der Waals surface area contributed by atoms with Crippen LogP contribution in [0, 0.1) is 5.41 Å². The Balaban J connectivity index is 2.11. The lowest BCUT2D eigenvalue weighted by Gasteiger charge is -2.38. The van der Waals surface area contributed by atoms with Crippen LogP contribution in [0.5, 0.6) is 0 Å². The Morgan fingerprint density at radius 2 is 2.35 bits per heavy atom. The van der Waals surface area contributed by atoms with Gasteiger partial charge in [-0.25, -0.2) is 9.89 Å². The van der Waals surface area contributed by atoms with Gasteiger partial charge in [-0.3, -0.25) is 9.36 Å². The van der Waals surface area contributed by atoms with Gasteiger partial charge < -0.3 is 5.11 Å². The van der Waals surface area contributed by atoms with Crippen LogP contribution in [0.2, 0.25) is 0 Å². The first-order valence-electron chi connectivity index (χ1n) is 5.50. The lowest BCUT2D eigenvalue weighted by atomic mass is 9.70. The predicted molar refractivity (Wildman–Crippen MR) is 63.2 cm³/mol. The molecule has 0 atom stereocenters. The van der Waals surface area contributed by atoms with Crippen LogP contribution in [0.4, 0.5) is 0 Å². The summed E-state index contributed by atoms with van der Waals surface area (Å²) in [7, 11) is 0. The van der Waals surface area contributed by atoms with Gasteiger partial charge in [-0.2, -0.15) is 0 Å². The molecule has 0 unspecified atom stereocenters. The van der Waals surface area contributed by atoms with Crippen LogP contribution in [0.3, 0.4) is 0 Å². The number of carboxylic acid groups (broad SMARTS) is 1. The van der Waals surface area contributed by atoms with E-state index < -0.39 is 5.97 Å². The van der Waals surface area contributed by atoms with Gasteiger partial charge in [0.25, 0.3) is 0 Å². The molecule has 1 aromatic heterocycles. The van der Waals surface area contributed by atoms with Gasteiger partial charge in [-0.15, -0.1) is 5.10 Å². The van der Waals surface area contributed by atoms with Crippen molar-refractivity contribution < 1.29 is 9.90 Å². The molecule has 1 aromatic rings. The van der Waals surface area contributed by atoms with E-state index in [0.29, 0.717) is 11.7 Å². The Morgan fingerprint density at radius 3 is 2.88 bits per heavy atom. The highest BCUT2D eigenvalue weighted by atomic mass is 32.2. The summed E-state index contributed by atoms with van der Waals surface area (Å²) in [6.07, 6.45) is 3.40. The van der Waals surface area contributed by atoms with Crippen LogP contribution in [0.1, 0.15) is 26.2 Å². The number of hydrogen-bond acceptors (Lipinski definition) is 4. The van der Waals surface area contributed by atoms with Crippen molar-refractivity contribution in [3.05, 3.63) is 10.5 Å². The number of nitrogens with one attached hydrogen (secondary N) is 1. The van der Waals surface area contributed by atoms with Crippen molar-refractivity contribution in [2.45, 2.75) is 37.9 Å². The summed E-state index contributed by atoms with van der Waals surface area (Å²) in [5, 5.41) is 15.3. The average molecular weight is 257 g/mol. The third kappa shape index (κ3) is 2.71. The van der Waals surface area contributed by atoms with Crippen LogP contribution in [0.15, 0.2) is 9.95 Å². The molecule has 0 aromatic carbocycles. The molecule has 1 fully saturated rings. The standard InChI is InChI=1S/C10H15N3O3S/c1-10(3-2-4-10)6-13-8(16)11-12-9(13)17-5-7(14)15/h2-6H2,1H3,(H,11,16)(H,14,15). The van der Waals surface area contributed by atoms with Crippen molar-refractivity contribution >= 4 is 17.7 Å². The number of aromatic nitrogens is 3. The lowest BCUT2D eigenvalue weighted by Crippen LogP contribution is -2.34. The van der Waals surface area contributed by atoms with Gasteiger partial charge in [0.1, 0.15) is 0 Å². The number of H-pyrrole nitrogens is 1. The molecule has 1 aliphatic carbocycles. The molecule has 2 rings (SSSR count). The van der Waals surface area contributed by atoms with E-state index in [1.165, 1.54) is 6.42 Å². The second-order valence-electron chi connectivity index (χ2n) is 4.74. The molecule has 0 bridgehead atoms. The summed E-state index contributed by atoms with van der Waals surface area (Å²) in [6.45, 7) is 2.76. The van der Waals surface area contributed by atoms with E-state index >= 15 is 0 Å². The normalized spacial score (nSPS) is 17.7. The van der Waals surface area contributed by atoms with Crippen molar-refractivity contribution in [2.75, 3.05) is 5.75 Å². The molecule has 0 saturated heterocycles. The zero-order chi connectivity index (χ0) is 12.5. The number of carbonyl (C=O) groups is 1. The molecule has 0 amide bonds. The fourth-order valence-electron chi connectivity index (χ4n) is 2.00. The van der Waals surface area contributed by atoms with Crippen LogP contribution in [-0.2, 0) is 11.3 Å². The monoisotopic (exact) mass is 257 g/mol. The van der Waals surface area contributed by atoms with Crippen molar-refractivity contribution in [1.29, 1.82) is 0 Å². The molecule has 1 saturated carbocycles. The molecule has 7 heteroatoms. The summed E-state index contributed by atoms with van der Waals surface area (Å²) in [5.74, 6) is -0.993. The zero-order valence-corrected chi connectivity index (χ0v) is 10.4. The lowest BCUT2D eigenvalue weighted by molar-refractivity contribution is -0.133. The van der Waals surface area contributed by atoms with E-state index in [-0.39, 0.29) is 16.9 Å². The first-order chi connectivity index (χ1) is 8.00. The first kappa shape index (κ1) is 12.2. The minimum Gasteiger partial charge on any atom is -0.481 e. The Hall–Kier alpha value is -1.24. The Bertz CT molecular complexity index is 475. The Morgan fingerprint density at radius 1 is 1.65 bits per heavy atom. The fourth-order valence-corrected chi connectivity index (χ4v) is 2.67. The minimum atomic E-state index is -0.910. The highest BCUT2D eigenvalue weighted by Crippen LogP contribution is 2.41. The predicted octanol–water partition coefficient (Wildman–Crippen LogP) is 0.938. The van der Waals surface area contributed by atoms with E-state index in [2.05, 4.69) is 17.1 Å². The summed E-state index contributed by atoms with van der Waals surface area (Å²) in [4.78, 5) is 22.1. The average Bonchev–Trinajstić information content (AvgIpc) is 2.55. The number of rotatable bonds is 5. The number of aliphatic carboxylic acids is 1. The summed E-state index contributed by atoms with van der Waals surface area (Å²) < 4.78 is 1.55. The molecule has 1 aliphatic rings. The van der Waals surface area contributed by atoms with Gasteiger partial charge in [0.15, 0.2) is 5.16 Å². The molecule has 0 aliphatic heterocycles. The third-order valence-electron chi connectivity index (χ3n) is 3.15. The summed E-state index contributed by atoms with van der Waals surface area (Å²) in [6, 6.07) is 0. The maximum Gasteiger partial charge on any atom is 0.343 e.